The van der Waals surface area contributed by atoms with Crippen molar-refractivity contribution >= 4 is 29.2 Å². The number of fused-ring (bicyclic) bond motifs is 1. The topological polar surface area (TPSA) is 84.9 Å². The van der Waals surface area contributed by atoms with Crippen molar-refractivity contribution in [1.82, 2.24) is 0 Å². The van der Waals surface area contributed by atoms with Crippen LogP contribution < -0.4 is 15.0 Å². The van der Waals surface area contributed by atoms with Gasteiger partial charge in [-0.05, 0) is 49.2 Å². The summed E-state index contributed by atoms with van der Waals surface area (Å²) in [6.45, 7) is 4.00. The molecule has 7 nitrogen and oxygen atoms in total. The van der Waals surface area contributed by atoms with Gasteiger partial charge in [-0.15, -0.1) is 0 Å². The van der Waals surface area contributed by atoms with Crippen molar-refractivity contribution in [3.63, 3.8) is 0 Å². The standard InChI is InChI=1S/C21H22N2O5/c1-3-27-19-7-5-4-6-17(19)21(26)28-13-20(25)22-16-8-9-18-15(12-16)10-11-23(18)14(2)24/h4-9,12H,3,10-11,13H2,1-2H3,(H,22,25). The van der Waals surface area contributed by atoms with Crippen LogP contribution in [0.15, 0.2) is 42.5 Å². The minimum absolute atomic E-state index is 0.00483. The second kappa shape index (κ2) is 8.56. The molecule has 0 saturated heterocycles. The van der Waals surface area contributed by atoms with Crippen LogP contribution >= 0.6 is 0 Å². The maximum Gasteiger partial charge on any atom is 0.342 e. The zero-order chi connectivity index (χ0) is 20.1. The predicted octanol–water partition coefficient (Wildman–Crippen LogP) is 2.79. The zero-order valence-electron chi connectivity index (χ0n) is 15.9. The molecule has 0 fully saturated rings. The first-order valence-corrected chi connectivity index (χ1v) is 9.09. The summed E-state index contributed by atoms with van der Waals surface area (Å²) in [6.07, 6.45) is 0.738. The van der Waals surface area contributed by atoms with Crippen LogP contribution in [0.4, 0.5) is 11.4 Å². The van der Waals surface area contributed by atoms with Gasteiger partial charge in [0.2, 0.25) is 5.91 Å². The number of hydrogen-bond donors (Lipinski definition) is 1. The first-order chi connectivity index (χ1) is 13.5. The summed E-state index contributed by atoms with van der Waals surface area (Å²) in [4.78, 5) is 37.7. The summed E-state index contributed by atoms with van der Waals surface area (Å²) < 4.78 is 10.5. The highest BCUT2D eigenvalue weighted by Gasteiger charge is 2.22. The van der Waals surface area contributed by atoms with Crippen molar-refractivity contribution in [3.8, 4) is 5.75 Å². The van der Waals surface area contributed by atoms with Gasteiger partial charge in [0.05, 0.1) is 6.61 Å². The number of amides is 2. The molecule has 3 rings (SSSR count). The number of esters is 1. The third kappa shape index (κ3) is 4.31. The van der Waals surface area contributed by atoms with Gasteiger partial charge in [0.1, 0.15) is 11.3 Å². The fourth-order valence-electron chi connectivity index (χ4n) is 3.13. The maximum absolute atomic E-state index is 12.2. The number of nitrogens with zero attached hydrogens (tertiary/aromatic N) is 1. The molecule has 1 N–H and O–H groups in total. The average Bonchev–Trinajstić information content (AvgIpc) is 3.10. The van der Waals surface area contributed by atoms with E-state index in [1.807, 2.05) is 19.1 Å². The van der Waals surface area contributed by atoms with E-state index in [-0.39, 0.29) is 11.5 Å². The summed E-state index contributed by atoms with van der Waals surface area (Å²) in [7, 11) is 0. The minimum atomic E-state index is -0.620. The van der Waals surface area contributed by atoms with Crippen LogP contribution in [0, 0.1) is 0 Å². The Morgan fingerprint density at radius 1 is 1.14 bits per heavy atom. The van der Waals surface area contributed by atoms with Crippen molar-refractivity contribution in [1.29, 1.82) is 0 Å². The van der Waals surface area contributed by atoms with Crippen molar-refractivity contribution in [2.75, 3.05) is 30.0 Å². The van der Waals surface area contributed by atoms with Crippen molar-refractivity contribution in [2.45, 2.75) is 20.3 Å². The lowest BCUT2D eigenvalue weighted by Gasteiger charge is -2.15. The van der Waals surface area contributed by atoms with Crippen LogP contribution in [0.25, 0.3) is 0 Å². The largest absolute Gasteiger partial charge is 0.493 e. The summed E-state index contributed by atoms with van der Waals surface area (Å²) >= 11 is 0. The monoisotopic (exact) mass is 382 g/mol. The van der Waals surface area contributed by atoms with E-state index in [4.69, 9.17) is 9.47 Å². The Balaban J connectivity index is 1.58. The fourth-order valence-corrected chi connectivity index (χ4v) is 3.13. The van der Waals surface area contributed by atoms with E-state index in [9.17, 15) is 14.4 Å². The Hall–Kier alpha value is -3.35. The van der Waals surface area contributed by atoms with Crippen molar-refractivity contribution in [3.05, 3.63) is 53.6 Å². The Morgan fingerprint density at radius 2 is 1.93 bits per heavy atom. The van der Waals surface area contributed by atoms with Gasteiger partial charge in [0.15, 0.2) is 6.61 Å². The molecule has 2 amide bonds. The molecule has 28 heavy (non-hydrogen) atoms. The van der Waals surface area contributed by atoms with E-state index < -0.39 is 18.5 Å². The van der Waals surface area contributed by atoms with Crippen LogP contribution in [0.5, 0.6) is 5.75 Å². The lowest BCUT2D eigenvalue weighted by Crippen LogP contribution is -2.25. The highest BCUT2D eigenvalue weighted by atomic mass is 16.5. The van der Waals surface area contributed by atoms with Gasteiger partial charge in [0.25, 0.3) is 5.91 Å². The summed E-state index contributed by atoms with van der Waals surface area (Å²) in [6, 6.07) is 12.1. The molecule has 0 aliphatic carbocycles. The van der Waals surface area contributed by atoms with E-state index >= 15 is 0 Å². The molecule has 0 unspecified atom stereocenters. The maximum atomic E-state index is 12.2. The smallest absolute Gasteiger partial charge is 0.342 e. The fraction of sp³-hybridized carbons (Fsp3) is 0.286. The molecule has 0 spiro atoms. The summed E-state index contributed by atoms with van der Waals surface area (Å²) in [5, 5.41) is 2.71. The average molecular weight is 382 g/mol. The molecule has 2 aromatic rings. The SMILES string of the molecule is CCOc1ccccc1C(=O)OCC(=O)Nc1ccc2c(c1)CCN2C(C)=O. The van der Waals surface area contributed by atoms with Gasteiger partial charge in [-0.2, -0.15) is 0 Å². The first-order valence-electron chi connectivity index (χ1n) is 9.09. The van der Waals surface area contributed by atoms with Gasteiger partial charge >= 0.3 is 5.97 Å². The quantitative estimate of drug-likeness (QED) is 0.777. The molecular weight excluding hydrogens is 360 g/mol. The minimum Gasteiger partial charge on any atom is -0.493 e. The number of para-hydroxylation sites is 1. The molecule has 7 heteroatoms. The number of carbonyl (C=O) groups excluding carboxylic acids is 3. The number of ether oxygens (including phenoxy) is 2. The van der Waals surface area contributed by atoms with E-state index in [0.29, 0.717) is 24.6 Å². The Morgan fingerprint density at radius 3 is 2.68 bits per heavy atom. The number of rotatable bonds is 6. The lowest BCUT2D eigenvalue weighted by atomic mass is 10.1. The molecule has 1 aliphatic rings. The molecule has 1 aliphatic heterocycles. The van der Waals surface area contributed by atoms with E-state index in [0.717, 1.165) is 17.7 Å². The van der Waals surface area contributed by atoms with Crippen LogP contribution in [-0.2, 0) is 20.7 Å². The van der Waals surface area contributed by atoms with E-state index in [1.54, 1.807) is 35.2 Å². The number of nitrogens with one attached hydrogen (secondary N) is 1. The molecule has 0 bridgehead atoms. The van der Waals surface area contributed by atoms with Gasteiger partial charge in [0, 0.05) is 24.8 Å². The van der Waals surface area contributed by atoms with E-state index in [2.05, 4.69) is 5.32 Å². The number of anilines is 2. The normalized spacial score (nSPS) is 12.3. The molecule has 146 valence electrons. The van der Waals surface area contributed by atoms with E-state index in [1.165, 1.54) is 6.92 Å². The summed E-state index contributed by atoms with van der Waals surface area (Å²) in [5.74, 6) is -0.646. The highest BCUT2D eigenvalue weighted by molar-refractivity contribution is 5.98. The number of hydrogen-bond acceptors (Lipinski definition) is 5. The third-order valence-corrected chi connectivity index (χ3v) is 4.38. The molecule has 2 aromatic carbocycles. The number of benzene rings is 2. The Labute approximate surface area is 163 Å². The molecular formula is C21H22N2O5. The molecule has 0 saturated carbocycles. The third-order valence-electron chi connectivity index (χ3n) is 4.38. The molecule has 1 heterocycles. The van der Waals surface area contributed by atoms with Gasteiger partial charge < -0.3 is 19.7 Å². The second-order valence-electron chi connectivity index (χ2n) is 6.32. The molecule has 0 aromatic heterocycles. The Bertz CT molecular complexity index is 909. The predicted molar refractivity (Wildman–Crippen MR) is 105 cm³/mol. The van der Waals surface area contributed by atoms with Gasteiger partial charge in [-0.3, -0.25) is 9.59 Å². The molecule has 0 radical (unpaired) electrons. The summed E-state index contributed by atoms with van der Waals surface area (Å²) in [5.41, 5.74) is 2.74. The van der Waals surface area contributed by atoms with Crippen molar-refractivity contribution in [2.24, 2.45) is 0 Å². The van der Waals surface area contributed by atoms with Gasteiger partial charge in [-0.25, -0.2) is 4.79 Å². The Kier molecular flexibility index (Phi) is 5.93. The second-order valence-corrected chi connectivity index (χ2v) is 6.32. The zero-order valence-corrected chi connectivity index (χ0v) is 15.9. The number of carbonyl (C=O) groups is 3. The van der Waals surface area contributed by atoms with Gasteiger partial charge in [-0.1, -0.05) is 12.1 Å². The first kappa shape index (κ1) is 19.4. The van der Waals surface area contributed by atoms with Crippen molar-refractivity contribution < 1.29 is 23.9 Å². The van der Waals surface area contributed by atoms with Crippen LogP contribution in [0.2, 0.25) is 0 Å². The lowest BCUT2D eigenvalue weighted by molar-refractivity contribution is -0.119. The highest BCUT2D eigenvalue weighted by Crippen LogP contribution is 2.30. The van der Waals surface area contributed by atoms with Crippen LogP contribution in [-0.4, -0.2) is 37.5 Å². The molecule has 0 atom stereocenters. The van der Waals surface area contributed by atoms with Crippen LogP contribution in [0.3, 0.4) is 0 Å². The van der Waals surface area contributed by atoms with Crippen LogP contribution in [0.1, 0.15) is 29.8 Å².